The molecule has 0 aliphatic heterocycles. The average molecular weight is 548 g/mol. The van der Waals surface area contributed by atoms with E-state index in [2.05, 4.69) is 27.0 Å². The fourth-order valence-electron chi connectivity index (χ4n) is 3.14. The topological polar surface area (TPSA) is 80.6 Å². The largest absolute Gasteiger partial charge is 0.404 e. The summed E-state index contributed by atoms with van der Waals surface area (Å²) in [5, 5.41) is 9.91. The van der Waals surface area contributed by atoms with E-state index in [1.165, 1.54) is 41.3 Å². The Labute approximate surface area is 210 Å². The second-order valence-electron chi connectivity index (χ2n) is 8.17. The fourth-order valence-corrected chi connectivity index (χ4v) is 3.14. The van der Waals surface area contributed by atoms with Gasteiger partial charge in [-0.3, -0.25) is 4.68 Å². The van der Waals surface area contributed by atoms with Gasteiger partial charge < -0.3 is 9.84 Å². The number of alkyl halides is 6. The first-order valence-electron chi connectivity index (χ1n) is 10.7. The van der Waals surface area contributed by atoms with Gasteiger partial charge in [0.2, 0.25) is 0 Å². The predicted octanol–water partition coefficient (Wildman–Crippen LogP) is 5.70. The number of benzene rings is 1. The molecule has 0 amide bonds. The van der Waals surface area contributed by atoms with Crippen LogP contribution in [-0.4, -0.2) is 52.9 Å². The van der Waals surface area contributed by atoms with E-state index in [1.54, 1.807) is 6.07 Å². The highest BCUT2D eigenvalue weighted by molar-refractivity contribution is 6.00. The lowest BCUT2D eigenvalue weighted by molar-refractivity contribution is -0.331. The molecule has 0 saturated heterocycles. The molecule has 0 aliphatic carbocycles. The van der Waals surface area contributed by atoms with Gasteiger partial charge >= 0.3 is 12.4 Å². The van der Waals surface area contributed by atoms with Crippen LogP contribution in [0.2, 0.25) is 0 Å². The van der Waals surface area contributed by atoms with E-state index in [1.807, 2.05) is 5.32 Å². The summed E-state index contributed by atoms with van der Waals surface area (Å²) < 4.78 is 112. The Bertz CT molecular complexity index is 1290. The summed E-state index contributed by atoms with van der Waals surface area (Å²) >= 11 is 0. The number of halogens is 8. The predicted molar refractivity (Wildman–Crippen MR) is 122 cm³/mol. The van der Waals surface area contributed by atoms with Crippen molar-refractivity contribution in [3.05, 3.63) is 71.8 Å². The third-order valence-electron chi connectivity index (χ3n) is 5.49. The Morgan fingerprint density at radius 2 is 1.82 bits per heavy atom. The molecular formula is C23H20F8N6O. The molecule has 0 saturated carbocycles. The summed E-state index contributed by atoms with van der Waals surface area (Å²) in [5.74, 6) is -1.90. The van der Waals surface area contributed by atoms with E-state index in [4.69, 9.17) is 4.52 Å². The molecular weight excluding hydrogens is 528 g/mol. The van der Waals surface area contributed by atoms with Crippen molar-refractivity contribution in [1.29, 1.82) is 0 Å². The number of hydrogen-bond acceptors (Lipinski definition) is 5. The quantitative estimate of drug-likeness (QED) is 0.211. The molecule has 3 rings (SSSR count). The van der Waals surface area contributed by atoms with Crippen molar-refractivity contribution in [3.63, 3.8) is 0 Å². The number of nitrogens with one attached hydrogen (secondary N) is 1. The zero-order valence-corrected chi connectivity index (χ0v) is 19.6. The summed E-state index contributed by atoms with van der Waals surface area (Å²) in [4.78, 5) is 7.41. The number of hydrogen-bond donors (Lipinski definition) is 1. The Morgan fingerprint density at radius 1 is 1.13 bits per heavy atom. The molecule has 0 unspecified atom stereocenters. The maximum absolute atomic E-state index is 14.2. The van der Waals surface area contributed by atoms with E-state index in [0.29, 0.717) is 23.2 Å². The zero-order chi connectivity index (χ0) is 28.1. The highest BCUT2D eigenvalue weighted by Gasteiger charge is 2.67. The molecule has 38 heavy (non-hydrogen) atoms. The van der Waals surface area contributed by atoms with E-state index < -0.39 is 42.5 Å². The summed E-state index contributed by atoms with van der Waals surface area (Å²) in [5.41, 5.74) is -3.06. The Balaban J connectivity index is 1.82. The monoisotopic (exact) mass is 548 g/mol. The van der Waals surface area contributed by atoms with Gasteiger partial charge in [-0.15, -0.1) is 0 Å². The van der Waals surface area contributed by atoms with Crippen molar-refractivity contribution in [3.8, 4) is 11.4 Å². The zero-order valence-electron chi connectivity index (χ0n) is 19.6. The molecule has 2 heterocycles. The molecule has 0 fully saturated rings. The molecule has 204 valence electrons. The van der Waals surface area contributed by atoms with Gasteiger partial charge in [0.05, 0.1) is 18.4 Å². The maximum atomic E-state index is 14.2. The third kappa shape index (κ3) is 6.33. The number of rotatable bonds is 9. The number of aliphatic imine (C=N–C) groups is 2. The third-order valence-corrected chi connectivity index (χ3v) is 5.49. The van der Waals surface area contributed by atoms with Gasteiger partial charge in [-0.25, -0.2) is 18.8 Å². The van der Waals surface area contributed by atoms with Crippen LogP contribution < -0.4 is 5.32 Å². The molecule has 15 heteroatoms. The van der Waals surface area contributed by atoms with Crippen LogP contribution in [0.4, 0.5) is 35.1 Å². The highest BCUT2D eigenvalue weighted by Crippen LogP contribution is 2.49. The van der Waals surface area contributed by atoms with Crippen molar-refractivity contribution in [1.82, 2.24) is 20.3 Å². The van der Waals surface area contributed by atoms with Crippen LogP contribution in [0.15, 0.2) is 69.2 Å². The van der Waals surface area contributed by atoms with E-state index >= 15 is 0 Å². The lowest BCUT2D eigenvalue weighted by Gasteiger charge is -2.34. The summed E-state index contributed by atoms with van der Waals surface area (Å²) in [6.45, 7) is 0.678. The molecule has 0 radical (unpaired) electrons. The SMILES string of the molecule is C=N/C(=N\C=C(\F)CNCC(C)(C(F)(F)F)C(F)(F)F)c1cc(-c2ccon2)n(Cc2ccccc2F)n1. The highest BCUT2D eigenvalue weighted by atomic mass is 19.4. The Hall–Kier alpha value is -3.88. The number of amidine groups is 1. The molecule has 1 aromatic carbocycles. The summed E-state index contributed by atoms with van der Waals surface area (Å²) in [6.07, 6.45) is -9.37. The van der Waals surface area contributed by atoms with Gasteiger partial charge in [-0.1, -0.05) is 23.4 Å². The minimum Gasteiger partial charge on any atom is -0.364 e. The van der Waals surface area contributed by atoms with Gasteiger partial charge in [0.15, 0.2) is 11.3 Å². The molecule has 0 bridgehead atoms. The van der Waals surface area contributed by atoms with Gasteiger partial charge in [0.25, 0.3) is 0 Å². The van der Waals surface area contributed by atoms with Gasteiger partial charge in [0, 0.05) is 24.7 Å². The number of aromatic nitrogens is 3. The average Bonchev–Trinajstić information content (AvgIpc) is 3.50. The lowest BCUT2D eigenvalue weighted by Crippen LogP contribution is -2.53. The first-order valence-corrected chi connectivity index (χ1v) is 10.7. The van der Waals surface area contributed by atoms with Crippen molar-refractivity contribution in [2.45, 2.75) is 25.8 Å². The first-order chi connectivity index (χ1) is 17.8. The van der Waals surface area contributed by atoms with Crippen LogP contribution in [0.1, 0.15) is 18.2 Å². The van der Waals surface area contributed by atoms with E-state index in [-0.39, 0.29) is 25.0 Å². The smallest absolute Gasteiger partial charge is 0.364 e. The van der Waals surface area contributed by atoms with Gasteiger partial charge in [-0.05, 0) is 25.8 Å². The molecule has 3 aromatic rings. The van der Waals surface area contributed by atoms with Gasteiger partial charge in [-0.2, -0.15) is 31.4 Å². The van der Waals surface area contributed by atoms with Crippen LogP contribution in [0.3, 0.4) is 0 Å². The molecule has 7 nitrogen and oxygen atoms in total. The van der Waals surface area contributed by atoms with Crippen LogP contribution in [0.5, 0.6) is 0 Å². The normalized spacial score (nSPS) is 13.7. The maximum Gasteiger partial charge on any atom is 0.404 e. The Kier molecular flexibility index (Phi) is 8.49. The minimum atomic E-state index is -5.61. The van der Waals surface area contributed by atoms with Crippen LogP contribution in [0.25, 0.3) is 11.4 Å². The van der Waals surface area contributed by atoms with Crippen molar-refractivity contribution >= 4 is 12.6 Å². The summed E-state index contributed by atoms with van der Waals surface area (Å²) in [7, 11) is 0. The van der Waals surface area contributed by atoms with Crippen molar-refractivity contribution in [2.24, 2.45) is 15.4 Å². The minimum absolute atomic E-state index is 0.0242. The van der Waals surface area contributed by atoms with Crippen molar-refractivity contribution in [2.75, 3.05) is 13.1 Å². The molecule has 0 aliphatic rings. The second-order valence-corrected chi connectivity index (χ2v) is 8.17. The van der Waals surface area contributed by atoms with E-state index in [9.17, 15) is 35.1 Å². The Morgan fingerprint density at radius 3 is 2.39 bits per heavy atom. The lowest BCUT2D eigenvalue weighted by atomic mass is 9.89. The second kappa shape index (κ2) is 11.2. The molecule has 1 N–H and O–H groups in total. The standard InChI is InChI=1S/C23H20F8N6O/c1-21(22(26,27)28,23(29,30)31)13-33-10-15(24)11-34-20(32-2)18-9-19(17-7-8-38-36-17)37(35-18)12-14-5-3-4-6-16(14)25/h3-9,11,33H,2,10,12-13H2,1H3/b15-11+,34-20-. The molecule has 0 atom stereocenters. The first kappa shape index (κ1) is 28.7. The number of nitrogens with zero attached hydrogens (tertiary/aromatic N) is 5. The van der Waals surface area contributed by atoms with Crippen molar-refractivity contribution < 1.29 is 39.6 Å². The van der Waals surface area contributed by atoms with Gasteiger partial charge in [0.1, 0.15) is 29.3 Å². The fraction of sp³-hybridized carbons (Fsp3) is 0.304. The molecule has 2 aromatic heterocycles. The van der Waals surface area contributed by atoms with E-state index in [0.717, 1.165) is 0 Å². The summed E-state index contributed by atoms with van der Waals surface area (Å²) in [6, 6.07) is 8.90. The van der Waals surface area contributed by atoms with Crippen LogP contribution in [0, 0.1) is 11.2 Å². The molecule has 0 spiro atoms. The van der Waals surface area contributed by atoms with Crippen LogP contribution in [-0.2, 0) is 6.54 Å². The van der Waals surface area contributed by atoms with Crippen LogP contribution >= 0.6 is 0 Å².